The number of rotatable bonds is 6. The predicted octanol–water partition coefficient (Wildman–Crippen LogP) is 4.94. The number of aromatic nitrogens is 2. The molecule has 0 aliphatic rings. The number of nitrogens with two attached hydrogens (primary N) is 1. The van der Waals surface area contributed by atoms with Crippen LogP contribution in [-0.4, -0.2) is 35.3 Å². The van der Waals surface area contributed by atoms with Crippen LogP contribution in [-0.2, 0) is 15.5 Å². The van der Waals surface area contributed by atoms with Gasteiger partial charge in [0.2, 0.25) is 0 Å². The number of benzene rings is 2. The van der Waals surface area contributed by atoms with Crippen LogP contribution in [0.15, 0.2) is 30.3 Å². The van der Waals surface area contributed by atoms with E-state index in [1.165, 1.54) is 39.3 Å². The molecule has 0 fully saturated rings. The van der Waals surface area contributed by atoms with Crippen molar-refractivity contribution in [1.82, 2.24) is 9.97 Å². The summed E-state index contributed by atoms with van der Waals surface area (Å²) in [5.74, 6) is 0.161. The molecule has 35 heavy (non-hydrogen) atoms. The second-order valence-corrected chi connectivity index (χ2v) is 12.1. The first-order valence-electron chi connectivity index (χ1n) is 10.9. The van der Waals surface area contributed by atoms with E-state index in [4.69, 9.17) is 10.5 Å². The quantitative estimate of drug-likeness (QED) is 0.276. The van der Waals surface area contributed by atoms with Gasteiger partial charge in [-0.3, -0.25) is 0 Å². The Morgan fingerprint density at radius 1 is 1.14 bits per heavy atom. The van der Waals surface area contributed by atoms with E-state index in [2.05, 4.69) is 15.3 Å². The van der Waals surface area contributed by atoms with Crippen molar-refractivity contribution in [3.05, 3.63) is 52.8 Å². The SMILES string of the molecule is Cc1nc(N[C@H](C)c2cccc(C(F)(F)F)c2C)c2cc(P(C)(C)=O)c(OC(=O)[C@H](C)N)cc2n1. The lowest BCUT2D eigenvalue weighted by molar-refractivity contribution is -0.138. The highest BCUT2D eigenvalue weighted by molar-refractivity contribution is 7.70. The number of ether oxygens (including phenoxy) is 1. The minimum Gasteiger partial charge on any atom is -0.425 e. The smallest absolute Gasteiger partial charge is 0.416 e. The van der Waals surface area contributed by atoms with Crippen LogP contribution in [0.1, 0.15) is 42.4 Å². The van der Waals surface area contributed by atoms with Crippen LogP contribution in [0, 0.1) is 13.8 Å². The molecule has 0 bridgehead atoms. The van der Waals surface area contributed by atoms with Gasteiger partial charge in [0.05, 0.1) is 22.4 Å². The number of nitrogens with zero attached hydrogens (tertiary/aromatic N) is 2. The number of esters is 1. The molecule has 188 valence electrons. The summed E-state index contributed by atoms with van der Waals surface area (Å²) in [6, 6.07) is 5.72. The van der Waals surface area contributed by atoms with E-state index < -0.39 is 36.9 Å². The standard InChI is InChI=1S/C24H28F3N4O3P/c1-12-16(8-7-9-18(12)24(25,26)27)14(3)29-22-17-10-21(35(5,6)33)20(34-23(32)13(2)28)11-19(17)30-15(4)31-22/h7-11,13-14H,28H2,1-6H3,(H,29,30,31)/t13-,14+/m0/s1. The van der Waals surface area contributed by atoms with E-state index in [9.17, 15) is 22.5 Å². The number of hydrogen-bond donors (Lipinski definition) is 2. The summed E-state index contributed by atoms with van der Waals surface area (Å²) >= 11 is 0. The van der Waals surface area contributed by atoms with E-state index in [1.807, 2.05) is 0 Å². The summed E-state index contributed by atoms with van der Waals surface area (Å²) in [5.41, 5.74) is 5.91. The number of fused-ring (bicyclic) bond motifs is 1. The van der Waals surface area contributed by atoms with Gasteiger partial charge < -0.3 is 20.4 Å². The average molecular weight is 508 g/mol. The highest BCUT2D eigenvalue weighted by Gasteiger charge is 2.33. The summed E-state index contributed by atoms with van der Waals surface area (Å²) in [4.78, 5) is 21.0. The van der Waals surface area contributed by atoms with Gasteiger partial charge in [-0.2, -0.15) is 13.2 Å². The van der Waals surface area contributed by atoms with E-state index in [1.54, 1.807) is 26.0 Å². The summed E-state index contributed by atoms with van der Waals surface area (Å²) < 4.78 is 58.7. The Labute approximate surface area is 201 Å². The second-order valence-electron chi connectivity index (χ2n) is 8.90. The third-order valence-electron chi connectivity index (χ3n) is 5.55. The Morgan fingerprint density at radius 2 is 1.80 bits per heavy atom. The monoisotopic (exact) mass is 508 g/mol. The van der Waals surface area contributed by atoms with Crippen molar-refractivity contribution < 1.29 is 27.3 Å². The molecule has 0 unspecified atom stereocenters. The summed E-state index contributed by atoms with van der Waals surface area (Å²) in [5, 5.41) is 3.98. The van der Waals surface area contributed by atoms with Crippen LogP contribution in [0.5, 0.6) is 5.75 Å². The number of carbonyl (C=O) groups excluding carboxylic acids is 1. The average Bonchev–Trinajstić information content (AvgIpc) is 2.71. The molecule has 3 rings (SSSR count). The van der Waals surface area contributed by atoms with Crippen LogP contribution < -0.4 is 21.1 Å². The normalized spacial score (nSPS) is 14.0. The van der Waals surface area contributed by atoms with Crippen molar-refractivity contribution in [2.45, 2.75) is 46.0 Å². The maximum absolute atomic E-state index is 13.4. The molecule has 0 saturated carbocycles. The maximum atomic E-state index is 13.4. The Hall–Kier alpha value is -2.97. The number of anilines is 1. The minimum atomic E-state index is -4.47. The van der Waals surface area contributed by atoms with Gasteiger partial charge >= 0.3 is 12.1 Å². The fourth-order valence-corrected chi connectivity index (χ4v) is 4.87. The Kier molecular flexibility index (Phi) is 7.29. The lowest BCUT2D eigenvalue weighted by atomic mass is 9.97. The summed E-state index contributed by atoms with van der Waals surface area (Å²) in [6.45, 7) is 9.38. The summed E-state index contributed by atoms with van der Waals surface area (Å²) in [6.07, 6.45) is -4.47. The molecule has 2 aromatic carbocycles. The fourth-order valence-electron chi connectivity index (χ4n) is 3.79. The molecule has 0 aliphatic carbocycles. The molecular weight excluding hydrogens is 480 g/mol. The topological polar surface area (TPSA) is 107 Å². The highest BCUT2D eigenvalue weighted by Crippen LogP contribution is 2.41. The molecular formula is C24H28F3N4O3P. The van der Waals surface area contributed by atoms with Gasteiger partial charge in [-0.1, -0.05) is 12.1 Å². The van der Waals surface area contributed by atoms with E-state index >= 15 is 0 Å². The van der Waals surface area contributed by atoms with Gasteiger partial charge in [-0.25, -0.2) is 14.8 Å². The first kappa shape index (κ1) is 26.6. The molecule has 0 radical (unpaired) electrons. The third kappa shape index (κ3) is 5.82. The second kappa shape index (κ2) is 9.59. The first-order chi connectivity index (χ1) is 16.1. The minimum absolute atomic E-state index is 0.0963. The maximum Gasteiger partial charge on any atom is 0.416 e. The van der Waals surface area contributed by atoms with Gasteiger partial charge in [0.1, 0.15) is 30.6 Å². The molecule has 11 heteroatoms. The number of halogens is 3. The zero-order chi connectivity index (χ0) is 26.3. The number of aryl methyl sites for hydroxylation is 1. The van der Waals surface area contributed by atoms with Crippen molar-refractivity contribution in [1.29, 1.82) is 0 Å². The molecule has 1 aromatic heterocycles. The molecule has 1 heterocycles. The van der Waals surface area contributed by atoms with E-state index in [0.29, 0.717) is 33.4 Å². The number of alkyl halides is 3. The van der Waals surface area contributed by atoms with Crippen molar-refractivity contribution in [3.8, 4) is 5.75 Å². The molecule has 0 saturated heterocycles. The predicted molar refractivity (Wildman–Crippen MR) is 131 cm³/mol. The number of carbonyl (C=O) groups is 1. The van der Waals surface area contributed by atoms with Crippen LogP contribution in [0.2, 0.25) is 0 Å². The van der Waals surface area contributed by atoms with E-state index in [-0.39, 0.29) is 11.3 Å². The molecule has 0 aliphatic heterocycles. The first-order valence-corrected chi connectivity index (χ1v) is 13.5. The lowest BCUT2D eigenvalue weighted by Crippen LogP contribution is -2.32. The Balaban J connectivity index is 2.13. The molecule has 0 amide bonds. The number of nitrogens with one attached hydrogen (secondary N) is 1. The molecule has 2 atom stereocenters. The van der Waals surface area contributed by atoms with Crippen molar-refractivity contribution >= 4 is 35.1 Å². The third-order valence-corrected chi connectivity index (χ3v) is 7.06. The van der Waals surface area contributed by atoms with Gasteiger partial charge in [-0.05, 0) is 64.3 Å². The van der Waals surface area contributed by atoms with Crippen molar-refractivity contribution in [2.24, 2.45) is 5.73 Å². The van der Waals surface area contributed by atoms with Crippen LogP contribution >= 0.6 is 7.14 Å². The number of hydrogen-bond acceptors (Lipinski definition) is 7. The van der Waals surface area contributed by atoms with Crippen molar-refractivity contribution in [2.75, 3.05) is 18.6 Å². The van der Waals surface area contributed by atoms with Crippen LogP contribution in [0.3, 0.4) is 0 Å². The van der Waals surface area contributed by atoms with Gasteiger partial charge in [-0.15, -0.1) is 0 Å². The van der Waals surface area contributed by atoms with Gasteiger partial charge in [0, 0.05) is 11.5 Å². The van der Waals surface area contributed by atoms with Gasteiger partial charge in [0.25, 0.3) is 0 Å². The van der Waals surface area contributed by atoms with Crippen molar-refractivity contribution in [3.63, 3.8) is 0 Å². The molecule has 7 nitrogen and oxygen atoms in total. The molecule has 3 aromatic rings. The zero-order valence-corrected chi connectivity index (χ0v) is 21.2. The summed E-state index contributed by atoms with van der Waals surface area (Å²) in [7, 11) is -2.93. The highest BCUT2D eigenvalue weighted by atomic mass is 31.2. The van der Waals surface area contributed by atoms with Gasteiger partial charge in [0.15, 0.2) is 0 Å². The Morgan fingerprint density at radius 3 is 2.37 bits per heavy atom. The van der Waals surface area contributed by atoms with E-state index in [0.717, 1.165) is 6.07 Å². The Bertz CT molecular complexity index is 1340. The molecule has 3 N–H and O–H groups in total. The molecule has 0 spiro atoms. The fraction of sp³-hybridized carbons (Fsp3) is 0.375. The van der Waals surface area contributed by atoms with Crippen LogP contribution in [0.25, 0.3) is 10.9 Å². The van der Waals surface area contributed by atoms with Crippen LogP contribution in [0.4, 0.5) is 19.0 Å². The zero-order valence-electron chi connectivity index (χ0n) is 20.3. The lowest BCUT2D eigenvalue weighted by Gasteiger charge is -2.22. The largest absolute Gasteiger partial charge is 0.425 e.